The fourth-order valence-electron chi connectivity index (χ4n) is 3.90. The second-order valence-corrected chi connectivity index (χ2v) is 8.53. The van der Waals surface area contributed by atoms with E-state index in [0.717, 1.165) is 58.7 Å². The number of carbonyl (C=O) groups excluding carboxylic acids is 1. The van der Waals surface area contributed by atoms with Crippen molar-refractivity contribution in [1.82, 2.24) is 9.97 Å². The van der Waals surface area contributed by atoms with Gasteiger partial charge in [0.1, 0.15) is 5.65 Å². The van der Waals surface area contributed by atoms with E-state index in [4.69, 9.17) is 5.73 Å². The zero-order valence-corrected chi connectivity index (χ0v) is 17.9. The molecule has 7 heteroatoms. The van der Waals surface area contributed by atoms with Crippen molar-refractivity contribution in [1.29, 1.82) is 0 Å². The summed E-state index contributed by atoms with van der Waals surface area (Å²) < 4.78 is 0.910. The van der Waals surface area contributed by atoms with Crippen LogP contribution in [0.15, 0.2) is 47.2 Å². The first kappa shape index (κ1) is 19.9. The number of benzene rings is 1. The predicted molar refractivity (Wildman–Crippen MR) is 121 cm³/mol. The van der Waals surface area contributed by atoms with E-state index < -0.39 is 0 Å². The number of halogens is 1. The van der Waals surface area contributed by atoms with Gasteiger partial charge in [-0.25, -0.2) is 4.98 Å². The highest BCUT2D eigenvalue weighted by atomic mass is 79.9. The summed E-state index contributed by atoms with van der Waals surface area (Å²) in [6.45, 7) is 1.76. The second-order valence-electron chi connectivity index (χ2n) is 7.68. The third-order valence-corrected chi connectivity index (χ3v) is 6.05. The number of piperidine rings is 1. The highest BCUT2D eigenvalue weighted by Crippen LogP contribution is 2.40. The molecule has 1 saturated carbocycles. The van der Waals surface area contributed by atoms with Crippen LogP contribution >= 0.6 is 15.9 Å². The van der Waals surface area contributed by atoms with Crippen LogP contribution in [0.3, 0.4) is 0 Å². The molecule has 1 saturated heterocycles. The molecule has 29 heavy (non-hydrogen) atoms. The quantitative estimate of drug-likeness (QED) is 0.509. The maximum atomic E-state index is 10.7. The molecule has 1 amide bonds. The molecule has 3 heterocycles. The van der Waals surface area contributed by atoms with E-state index >= 15 is 0 Å². The topological polar surface area (TPSA) is 87.0 Å². The third kappa shape index (κ3) is 4.62. The van der Waals surface area contributed by atoms with Crippen LogP contribution in [0.25, 0.3) is 11.0 Å². The van der Waals surface area contributed by atoms with Crippen molar-refractivity contribution in [3.8, 4) is 0 Å². The molecule has 6 nitrogen and oxygen atoms in total. The van der Waals surface area contributed by atoms with Gasteiger partial charge in [0.25, 0.3) is 0 Å². The Balaban J connectivity index is 0.000000188. The number of nitrogens with two attached hydrogens (primary N) is 1. The summed E-state index contributed by atoms with van der Waals surface area (Å²) in [7, 11) is 0. The first-order valence-electron chi connectivity index (χ1n) is 10.1. The fraction of sp³-hybridized carbons (Fsp3) is 0.364. The molecule has 5 rings (SSSR count). The summed E-state index contributed by atoms with van der Waals surface area (Å²) in [5.74, 6) is 0.909. The predicted octanol–water partition coefficient (Wildman–Crippen LogP) is 4.39. The van der Waals surface area contributed by atoms with Gasteiger partial charge >= 0.3 is 0 Å². The van der Waals surface area contributed by atoms with Gasteiger partial charge in [-0.05, 0) is 53.1 Å². The minimum absolute atomic E-state index is 0.181. The highest BCUT2D eigenvalue weighted by Gasteiger charge is 2.23. The summed E-state index contributed by atoms with van der Waals surface area (Å²) in [6.07, 6.45) is 9.14. The first-order valence-corrected chi connectivity index (χ1v) is 10.9. The molecule has 1 unspecified atom stereocenters. The summed E-state index contributed by atoms with van der Waals surface area (Å²) in [4.78, 5) is 20.4. The number of nitrogens with one attached hydrogen (secondary N) is 2. The van der Waals surface area contributed by atoms with E-state index in [1.807, 2.05) is 0 Å². The SMILES string of the molecule is NC1CCCN(c2c(Br)cnc3[nH]cc(NC=O)c23)C1.c1ccc(C2CC2)cc1. The zero-order valence-electron chi connectivity index (χ0n) is 16.3. The monoisotopic (exact) mass is 455 g/mol. The summed E-state index contributed by atoms with van der Waals surface area (Å²) in [5.41, 5.74) is 10.1. The fourth-order valence-corrected chi connectivity index (χ4v) is 4.45. The van der Waals surface area contributed by atoms with Crippen LogP contribution in [0.1, 0.15) is 37.2 Å². The van der Waals surface area contributed by atoms with E-state index in [-0.39, 0.29) is 6.04 Å². The Morgan fingerprint density at radius 3 is 2.72 bits per heavy atom. The van der Waals surface area contributed by atoms with Crippen molar-refractivity contribution < 1.29 is 4.79 Å². The molecule has 1 aliphatic carbocycles. The number of fused-ring (bicyclic) bond motifs is 1. The van der Waals surface area contributed by atoms with Crippen molar-refractivity contribution in [3.63, 3.8) is 0 Å². The van der Waals surface area contributed by atoms with Crippen molar-refractivity contribution >= 4 is 44.7 Å². The van der Waals surface area contributed by atoms with Gasteiger partial charge in [-0.3, -0.25) is 4.79 Å². The first-order chi connectivity index (χ1) is 14.2. The average molecular weight is 456 g/mol. The van der Waals surface area contributed by atoms with Crippen LogP contribution in [0.4, 0.5) is 11.4 Å². The summed E-state index contributed by atoms with van der Waals surface area (Å²) in [6, 6.07) is 10.9. The molecule has 152 valence electrons. The van der Waals surface area contributed by atoms with Crippen LogP contribution in [0.5, 0.6) is 0 Å². The zero-order chi connectivity index (χ0) is 20.2. The number of H-pyrrole nitrogens is 1. The largest absolute Gasteiger partial charge is 0.368 e. The average Bonchev–Trinajstić information content (AvgIpc) is 3.52. The molecule has 0 spiro atoms. The van der Waals surface area contributed by atoms with Crippen molar-refractivity contribution in [2.24, 2.45) is 5.73 Å². The molecule has 2 aliphatic rings. The van der Waals surface area contributed by atoms with Crippen molar-refractivity contribution in [2.45, 2.75) is 37.6 Å². The van der Waals surface area contributed by atoms with Gasteiger partial charge in [0, 0.05) is 31.5 Å². The number of aromatic amines is 1. The highest BCUT2D eigenvalue weighted by molar-refractivity contribution is 9.10. The van der Waals surface area contributed by atoms with Crippen LogP contribution in [0, 0.1) is 0 Å². The van der Waals surface area contributed by atoms with Crippen LogP contribution < -0.4 is 16.0 Å². The van der Waals surface area contributed by atoms with Gasteiger partial charge in [-0.1, -0.05) is 30.3 Å². The molecule has 3 aromatic rings. The van der Waals surface area contributed by atoms with Gasteiger partial charge in [-0.2, -0.15) is 0 Å². The smallest absolute Gasteiger partial charge is 0.211 e. The van der Waals surface area contributed by atoms with Gasteiger partial charge in [-0.15, -0.1) is 0 Å². The van der Waals surface area contributed by atoms with Crippen LogP contribution in [-0.4, -0.2) is 35.5 Å². The Kier molecular flexibility index (Phi) is 6.16. The Hall–Kier alpha value is -2.38. The maximum Gasteiger partial charge on any atom is 0.211 e. The molecule has 4 N–H and O–H groups in total. The van der Waals surface area contributed by atoms with Gasteiger partial charge in [0.2, 0.25) is 6.41 Å². The number of anilines is 2. The maximum absolute atomic E-state index is 10.7. The summed E-state index contributed by atoms with van der Waals surface area (Å²) >= 11 is 3.57. The molecule has 2 aromatic heterocycles. The molecule has 0 radical (unpaired) electrons. The number of carbonyl (C=O) groups is 1. The van der Waals surface area contributed by atoms with E-state index in [9.17, 15) is 4.79 Å². The van der Waals surface area contributed by atoms with Crippen molar-refractivity contribution in [2.75, 3.05) is 23.3 Å². The van der Waals surface area contributed by atoms with E-state index in [1.165, 1.54) is 18.4 Å². The number of rotatable bonds is 4. The molecular formula is C22H26BrN5O. The van der Waals surface area contributed by atoms with Gasteiger partial charge in [0.15, 0.2) is 0 Å². The minimum atomic E-state index is 0.181. The van der Waals surface area contributed by atoms with Gasteiger partial charge < -0.3 is 20.9 Å². The van der Waals surface area contributed by atoms with E-state index in [0.29, 0.717) is 6.41 Å². The number of amides is 1. The van der Waals surface area contributed by atoms with Crippen LogP contribution in [-0.2, 0) is 4.79 Å². The van der Waals surface area contributed by atoms with Crippen LogP contribution in [0.2, 0.25) is 0 Å². The number of hydrogen-bond donors (Lipinski definition) is 3. The lowest BCUT2D eigenvalue weighted by atomic mass is 10.1. The Labute approximate surface area is 179 Å². The lowest BCUT2D eigenvalue weighted by Gasteiger charge is -2.33. The lowest BCUT2D eigenvalue weighted by molar-refractivity contribution is -0.105. The second kappa shape index (κ2) is 8.97. The minimum Gasteiger partial charge on any atom is -0.368 e. The molecule has 1 atom stereocenters. The summed E-state index contributed by atoms with van der Waals surface area (Å²) in [5, 5.41) is 3.64. The molecule has 1 aliphatic heterocycles. The van der Waals surface area contributed by atoms with Crippen molar-refractivity contribution in [3.05, 3.63) is 52.8 Å². The standard InChI is InChI=1S/C13H16BrN5O.C9H10/c14-9-4-16-13-11(10(5-17-13)18-7-20)12(9)19-3-1-2-8(15)6-19;1-2-4-8(5-3-1)9-6-7-9/h4-5,7-8H,1-3,6,15H2,(H,16,17)(H,18,20);1-5,9H,6-7H2. The lowest BCUT2D eigenvalue weighted by Crippen LogP contribution is -2.43. The Morgan fingerprint density at radius 1 is 1.24 bits per heavy atom. The number of hydrogen-bond acceptors (Lipinski definition) is 4. The molecule has 1 aromatic carbocycles. The normalized spacial score (nSPS) is 18.8. The van der Waals surface area contributed by atoms with E-state index in [1.54, 1.807) is 12.4 Å². The molecule has 2 fully saturated rings. The Bertz CT molecular complexity index is 970. The number of pyridine rings is 1. The third-order valence-electron chi connectivity index (χ3n) is 5.47. The number of aromatic nitrogens is 2. The Morgan fingerprint density at radius 2 is 2.03 bits per heavy atom. The number of nitrogens with zero attached hydrogens (tertiary/aromatic N) is 2. The van der Waals surface area contributed by atoms with Gasteiger partial charge in [0.05, 0.1) is 21.2 Å². The molecular weight excluding hydrogens is 430 g/mol. The van der Waals surface area contributed by atoms with E-state index in [2.05, 4.69) is 66.4 Å². The molecule has 0 bridgehead atoms.